The minimum absolute atomic E-state index is 0.281. The quantitative estimate of drug-likeness (QED) is 0.667. The van der Waals surface area contributed by atoms with Gasteiger partial charge >= 0.3 is 0 Å². The van der Waals surface area contributed by atoms with Gasteiger partial charge in [-0.15, -0.1) is 0 Å². The van der Waals surface area contributed by atoms with Gasteiger partial charge in [0.25, 0.3) is 5.56 Å². The Balaban J connectivity index is 2.36. The summed E-state index contributed by atoms with van der Waals surface area (Å²) in [5.41, 5.74) is 2.23. The average molecular weight is 227 g/mol. The highest BCUT2D eigenvalue weighted by Crippen LogP contribution is 2.15. The molecule has 17 heavy (non-hydrogen) atoms. The monoisotopic (exact) mass is 227 g/mol. The van der Waals surface area contributed by atoms with Crippen LogP contribution in [0, 0.1) is 6.92 Å². The number of pyridine rings is 1. The molecule has 3 rings (SSSR count). The summed E-state index contributed by atoms with van der Waals surface area (Å²) in [4.78, 5) is 22.1. The minimum Gasteiger partial charge on any atom is -0.330 e. The third kappa shape index (κ3) is 1.42. The van der Waals surface area contributed by atoms with Gasteiger partial charge in [0.2, 0.25) is 0 Å². The van der Waals surface area contributed by atoms with E-state index in [9.17, 15) is 4.79 Å². The number of hydrogen-bond donors (Lipinski definition) is 1. The summed E-state index contributed by atoms with van der Waals surface area (Å²) in [7, 11) is 0. The molecule has 0 unspecified atom stereocenters. The van der Waals surface area contributed by atoms with Gasteiger partial charge in [0.15, 0.2) is 0 Å². The van der Waals surface area contributed by atoms with Gasteiger partial charge < -0.3 is 4.98 Å². The van der Waals surface area contributed by atoms with Gasteiger partial charge in [-0.2, -0.15) is 10.1 Å². The number of rotatable bonds is 1. The highest BCUT2D eigenvalue weighted by molar-refractivity contribution is 5.74. The Labute approximate surface area is 96.0 Å². The number of hydrogen-bond acceptors (Lipinski definition) is 4. The molecule has 0 aromatic carbocycles. The molecule has 0 aliphatic carbocycles. The van der Waals surface area contributed by atoms with Crippen LogP contribution in [0.15, 0.2) is 35.8 Å². The largest absolute Gasteiger partial charge is 0.330 e. The van der Waals surface area contributed by atoms with E-state index in [2.05, 4.69) is 20.1 Å². The molecule has 6 heteroatoms. The van der Waals surface area contributed by atoms with E-state index in [1.54, 1.807) is 17.1 Å². The van der Waals surface area contributed by atoms with Crippen molar-refractivity contribution in [1.29, 1.82) is 0 Å². The molecule has 0 spiro atoms. The van der Waals surface area contributed by atoms with Gasteiger partial charge in [-0.3, -0.25) is 9.78 Å². The molecule has 0 aliphatic heterocycles. The Bertz CT molecular complexity index is 743. The molecule has 1 N–H and O–H groups in total. The van der Waals surface area contributed by atoms with Crippen molar-refractivity contribution < 1.29 is 0 Å². The van der Waals surface area contributed by atoms with Crippen LogP contribution in [0.2, 0.25) is 0 Å². The maximum Gasteiger partial charge on any atom is 0.283 e. The number of H-pyrrole nitrogens is 1. The summed E-state index contributed by atoms with van der Waals surface area (Å²) in [5, 5.41) is 4.68. The van der Waals surface area contributed by atoms with Gasteiger partial charge in [-0.25, -0.2) is 4.68 Å². The smallest absolute Gasteiger partial charge is 0.283 e. The van der Waals surface area contributed by atoms with Crippen molar-refractivity contribution in [3.8, 4) is 5.69 Å². The van der Waals surface area contributed by atoms with Crippen LogP contribution in [0.25, 0.3) is 16.7 Å². The molecular weight excluding hydrogens is 218 g/mol. The number of aryl methyl sites for hydroxylation is 1. The van der Waals surface area contributed by atoms with Crippen molar-refractivity contribution in [2.45, 2.75) is 6.92 Å². The first kappa shape index (κ1) is 9.71. The summed E-state index contributed by atoms with van der Waals surface area (Å²) in [6, 6.07) is 1.85. The van der Waals surface area contributed by atoms with E-state index in [0.29, 0.717) is 11.0 Å². The van der Waals surface area contributed by atoms with Gasteiger partial charge in [0, 0.05) is 12.4 Å². The van der Waals surface area contributed by atoms with Crippen molar-refractivity contribution in [2.24, 2.45) is 0 Å². The third-order valence-electron chi connectivity index (χ3n) is 2.60. The average Bonchev–Trinajstić information content (AvgIpc) is 2.75. The summed E-state index contributed by atoms with van der Waals surface area (Å²) in [6.45, 7) is 1.94. The van der Waals surface area contributed by atoms with Gasteiger partial charge in [-0.1, -0.05) is 0 Å². The second-order valence-electron chi connectivity index (χ2n) is 3.69. The fraction of sp³-hybridized carbons (Fsp3) is 0.0909. The lowest BCUT2D eigenvalue weighted by Crippen LogP contribution is -2.07. The zero-order chi connectivity index (χ0) is 11.8. The molecule has 3 aromatic heterocycles. The van der Waals surface area contributed by atoms with Crippen LogP contribution in [0.5, 0.6) is 0 Å². The van der Waals surface area contributed by atoms with Crippen molar-refractivity contribution >= 4 is 11.0 Å². The number of fused-ring (bicyclic) bond motifs is 1. The molecule has 3 heterocycles. The van der Waals surface area contributed by atoms with Gasteiger partial charge in [-0.05, 0) is 18.6 Å². The summed E-state index contributed by atoms with van der Waals surface area (Å²) >= 11 is 0. The second-order valence-corrected chi connectivity index (χ2v) is 3.69. The zero-order valence-corrected chi connectivity index (χ0v) is 9.08. The minimum atomic E-state index is -0.281. The summed E-state index contributed by atoms with van der Waals surface area (Å²) in [6.07, 6.45) is 6.33. The fourth-order valence-electron chi connectivity index (χ4n) is 1.75. The van der Waals surface area contributed by atoms with Crippen LogP contribution in [-0.4, -0.2) is 24.7 Å². The zero-order valence-electron chi connectivity index (χ0n) is 9.08. The van der Waals surface area contributed by atoms with Gasteiger partial charge in [0.1, 0.15) is 11.0 Å². The van der Waals surface area contributed by atoms with Crippen molar-refractivity contribution in [2.75, 3.05) is 0 Å². The molecule has 0 radical (unpaired) electrons. The first-order valence-electron chi connectivity index (χ1n) is 5.10. The Morgan fingerprint density at radius 1 is 1.35 bits per heavy atom. The third-order valence-corrected chi connectivity index (χ3v) is 2.60. The molecule has 0 amide bonds. The Hall–Kier alpha value is -2.50. The molecule has 0 fully saturated rings. The van der Waals surface area contributed by atoms with E-state index in [1.165, 1.54) is 12.5 Å². The van der Waals surface area contributed by atoms with E-state index in [-0.39, 0.29) is 5.56 Å². The number of aromatic amines is 1. The molecule has 6 nitrogen and oxygen atoms in total. The Morgan fingerprint density at radius 3 is 3.06 bits per heavy atom. The number of nitrogens with one attached hydrogen (secondary N) is 1. The molecule has 84 valence electrons. The highest BCUT2D eigenvalue weighted by Gasteiger charge is 2.09. The maximum atomic E-state index is 11.5. The second kappa shape index (κ2) is 3.51. The maximum absolute atomic E-state index is 11.5. The molecule has 0 saturated heterocycles. The number of aromatic nitrogens is 5. The van der Waals surface area contributed by atoms with Crippen LogP contribution in [0.3, 0.4) is 0 Å². The van der Waals surface area contributed by atoms with Crippen LogP contribution >= 0.6 is 0 Å². The highest BCUT2D eigenvalue weighted by atomic mass is 16.1. The topological polar surface area (TPSA) is 76.5 Å². The van der Waals surface area contributed by atoms with E-state index >= 15 is 0 Å². The van der Waals surface area contributed by atoms with Crippen LogP contribution in [0.4, 0.5) is 0 Å². The van der Waals surface area contributed by atoms with Crippen LogP contribution in [-0.2, 0) is 0 Å². The van der Waals surface area contributed by atoms with E-state index in [0.717, 1.165) is 11.3 Å². The normalized spacial score (nSPS) is 10.9. The lowest BCUT2D eigenvalue weighted by molar-refractivity contribution is 0.883. The van der Waals surface area contributed by atoms with Crippen molar-refractivity contribution in [3.63, 3.8) is 0 Å². The molecular formula is C11H9N5O. The van der Waals surface area contributed by atoms with E-state index in [1.807, 2.05) is 13.0 Å². The fourth-order valence-corrected chi connectivity index (χ4v) is 1.75. The lowest BCUT2D eigenvalue weighted by Gasteiger charge is -2.05. The Morgan fingerprint density at radius 2 is 2.24 bits per heavy atom. The standard InChI is InChI=1S/C11H9N5O/c1-7-4-12-3-2-9(7)16-10-8(5-15-16)11(17)14-6-13-10/h2-6H,1H3,(H,13,14,17). The molecule has 0 saturated carbocycles. The molecule has 0 aliphatic rings. The summed E-state index contributed by atoms with van der Waals surface area (Å²) in [5.74, 6) is 0. The molecule has 0 atom stereocenters. The predicted octanol–water partition coefficient (Wildman–Crippen LogP) is 0.812. The first-order chi connectivity index (χ1) is 8.27. The first-order valence-corrected chi connectivity index (χ1v) is 5.10. The number of nitrogens with zero attached hydrogens (tertiary/aromatic N) is 4. The Kier molecular flexibility index (Phi) is 2.01. The van der Waals surface area contributed by atoms with Gasteiger partial charge in [0.05, 0.1) is 18.2 Å². The van der Waals surface area contributed by atoms with Crippen molar-refractivity contribution in [1.82, 2.24) is 24.7 Å². The van der Waals surface area contributed by atoms with Crippen LogP contribution in [0.1, 0.15) is 5.56 Å². The molecule has 3 aromatic rings. The molecule has 0 bridgehead atoms. The predicted molar refractivity (Wildman–Crippen MR) is 62.0 cm³/mol. The van der Waals surface area contributed by atoms with E-state index < -0.39 is 0 Å². The summed E-state index contributed by atoms with van der Waals surface area (Å²) < 4.78 is 1.68. The van der Waals surface area contributed by atoms with Crippen molar-refractivity contribution in [3.05, 3.63) is 46.9 Å². The van der Waals surface area contributed by atoms with Crippen LogP contribution < -0.4 is 5.56 Å². The van der Waals surface area contributed by atoms with E-state index in [4.69, 9.17) is 0 Å². The lowest BCUT2D eigenvalue weighted by atomic mass is 10.2. The SMILES string of the molecule is Cc1cnccc1-n1ncc2c(=O)nc[nH]c21.